The first-order chi connectivity index (χ1) is 24.4. The van der Waals surface area contributed by atoms with E-state index in [1.165, 1.54) is 146 Å². The monoisotopic (exact) mass is 682 g/mol. The number of rotatable bonds is 28. The average molecular weight is 683 g/mol. The van der Waals surface area contributed by atoms with Crippen molar-refractivity contribution in [1.29, 1.82) is 0 Å². The van der Waals surface area contributed by atoms with E-state index in [4.69, 9.17) is 0 Å². The minimum Gasteiger partial charge on any atom is -0.478 e. The van der Waals surface area contributed by atoms with Crippen LogP contribution in [0.5, 0.6) is 0 Å². The first-order valence-electron chi connectivity index (χ1n) is 20.2. The topological polar surface area (TPSA) is 74.6 Å². The van der Waals surface area contributed by atoms with Crippen molar-refractivity contribution >= 4 is 11.9 Å². The highest BCUT2D eigenvalue weighted by molar-refractivity contribution is 5.96. The molecule has 0 saturated carbocycles. The fourth-order valence-electron chi connectivity index (χ4n) is 7.11. The summed E-state index contributed by atoms with van der Waals surface area (Å²) in [4.78, 5) is 24.5. The number of carboxylic acids is 2. The summed E-state index contributed by atoms with van der Waals surface area (Å²) >= 11 is 0. The molecule has 0 heterocycles. The predicted molar refractivity (Wildman–Crippen MR) is 210 cm³/mol. The molecule has 0 amide bonds. The zero-order chi connectivity index (χ0) is 35.8. The molecule has 0 unspecified atom stereocenters. The Labute approximate surface area is 304 Å². The molecule has 4 heteroatoms. The maximum atomic E-state index is 12.2. The molecule has 0 bridgehead atoms. The van der Waals surface area contributed by atoms with Crippen LogP contribution in [0.2, 0.25) is 0 Å². The molecule has 0 radical (unpaired) electrons. The molecule has 3 aromatic carbocycles. The summed E-state index contributed by atoms with van der Waals surface area (Å²) < 4.78 is 0. The van der Waals surface area contributed by atoms with Gasteiger partial charge in [0.2, 0.25) is 0 Å². The molecule has 3 aromatic rings. The van der Waals surface area contributed by atoms with E-state index in [1.54, 1.807) is 0 Å². The first-order valence-corrected chi connectivity index (χ1v) is 20.2. The maximum Gasteiger partial charge on any atom is 0.336 e. The molecule has 274 valence electrons. The van der Waals surface area contributed by atoms with E-state index in [2.05, 4.69) is 62.4 Å². The van der Waals surface area contributed by atoms with Crippen LogP contribution in [-0.4, -0.2) is 22.2 Å². The molecule has 0 aliphatic heterocycles. The van der Waals surface area contributed by atoms with Crippen LogP contribution in [0.15, 0.2) is 60.7 Å². The maximum absolute atomic E-state index is 12.2. The number of unbranched alkanes of at least 4 members (excludes halogenated alkanes) is 18. The van der Waals surface area contributed by atoms with Gasteiger partial charge in [-0.05, 0) is 78.0 Å². The Kier molecular flexibility index (Phi) is 20.3. The van der Waals surface area contributed by atoms with Gasteiger partial charge in [-0.1, -0.05) is 184 Å². The first kappa shape index (κ1) is 41.0. The second-order valence-corrected chi connectivity index (χ2v) is 14.6. The Bertz CT molecular complexity index is 1270. The lowest BCUT2D eigenvalue weighted by Gasteiger charge is -2.14. The van der Waals surface area contributed by atoms with E-state index in [0.717, 1.165) is 24.0 Å². The zero-order valence-electron chi connectivity index (χ0n) is 31.5. The second kappa shape index (κ2) is 24.7. The SMILES string of the molecule is CCCCCCCCCCCCc1ccc(Cc2cc(Cc3ccc(CCCCCCCCCCCC)cc3)c(C(=O)O)cc2C(=O)O)cc1. The minimum atomic E-state index is -1.09. The van der Waals surface area contributed by atoms with Crippen LogP contribution in [0.3, 0.4) is 0 Å². The van der Waals surface area contributed by atoms with Gasteiger partial charge in [0.15, 0.2) is 0 Å². The molecule has 4 nitrogen and oxygen atoms in total. The number of carboxylic acid groups (broad SMARTS) is 2. The molecule has 3 rings (SSSR count). The highest BCUT2D eigenvalue weighted by atomic mass is 16.4. The highest BCUT2D eigenvalue weighted by Crippen LogP contribution is 2.25. The van der Waals surface area contributed by atoms with Gasteiger partial charge >= 0.3 is 11.9 Å². The van der Waals surface area contributed by atoms with E-state index in [0.29, 0.717) is 24.0 Å². The number of benzene rings is 3. The van der Waals surface area contributed by atoms with Crippen molar-refractivity contribution in [2.24, 2.45) is 0 Å². The van der Waals surface area contributed by atoms with Crippen LogP contribution < -0.4 is 0 Å². The normalized spacial score (nSPS) is 11.2. The van der Waals surface area contributed by atoms with Crippen molar-refractivity contribution in [3.05, 3.63) is 105 Å². The van der Waals surface area contributed by atoms with Crippen molar-refractivity contribution in [2.75, 3.05) is 0 Å². The van der Waals surface area contributed by atoms with Crippen LogP contribution in [0, 0.1) is 0 Å². The van der Waals surface area contributed by atoms with Gasteiger partial charge in [-0.3, -0.25) is 0 Å². The standard InChI is InChI=1S/C46H66O4/c1-3-5-7-9-11-13-15-17-19-21-23-37-25-29-39(30-26-37)33-41-35-42(44(46(49)50)36-43(41)45(47)48)34-40-31-27-38(28-32-40)24-22-20-18-16-14-12-10-8-6-4-2/h25-32,35-36H,3-24,33-34H2,1-2H3,(H,47,48)(H,49,50). The minimum absolute atomic E-state index is 0.0624. The van der Waals surface area contributed by atoms with Gasteiger partial charge in [-0.2, -0.15) is 0 Å². The Balaban J connectivity index is 1.51. The fraction of sp³-hybridized carbons (Fsp3) is 0.565. The third-order valence-electron chi connectivity index (χ3n) is 10.3. The van der Waals surface area contributed by atoms with Crippen molar-refractivity contribution in [3.8, 4) is 0 Å². The number of hydrogen-bond acceptors (Lipinski definition) is 2. The molecular formula is C46H66O4. The Hall–Kier alpha value is -3.40. The molecule has 50 heavy (non-hydrogen) atoms. The van der Waals surface area contributed by atoms with Gasteiger partial charge < -0.3 is 10.2 Å². The van der Waals surface area contributed by atoms with E-state index in [1.807, 2.05) is 6.07 Å². The number of aromatic carboxylic acids is 2. The molecular weight excluding hydrogens is 617 g/mol. The lowest BCUT2D eigenvalue weighted by molar-refractivity contribution is 0.0695. The number of carbonyl (C=O) groups is 2. The van der Waals surface area contributed by atoms with Crippen molar-refractivity contribution < 1.29 is 19.8 Å². The Morgan fingerprint density at radius 2 is 0.680 bits per heavy atom. The van der Waals surface area contributed by atoms with Crippen LogP contribution in [-0.2, 0) is 25.7 Å². The quantitative estimate of drug-likeness (QED) is 0.0748. The highest BCUT2D eigenvalue weighted by Gasteiger charge is 2.19. The van der Waals surface area contributed by atoms with Gasteiger partial charge in [0, 0.05) is 0 Å². The molecule has 0 spiro atoms. The third kappa shape index (κ3) is 16.1. The van der Waals surface area contributed by atoms with Gasteiger partial charge in [0.25, 0.3) is 0 Å². The summed E-state index contributed by atoms with van der Waals surface area (Å²) in [5, 5.41) is 20.0. The fourth-order valence-corrected chi connectivity index (χ4v) is 7.11. The van der Waals surface area contributed by atoms with Crippen LogP contribution in [0.4, 0.5) is 0 Å². The van der Waals surface area contributed by atoms with E-state index in [-0.39, 0.29) is 11.1 Å². The molecule has 0 saturated heterocycles. The van der Waals surface area contributed by atoms with Crippen LogP contribution >= 0.6 is 0 Å². The summed E-state index contributed by atoms with van der Waals surface area (Å²) in [7, 11) is 0. The van der Waals surface area contributed by atoms with E-state index < -0.39 is 11.9 Å². The molecule has 0 aromatic heterocycles. The smallest absolute Gasteiger partial charge is 0.336 e. The number of hydrogen-bond donors (Lipinski definition) is 2. The lowest BCUT2D eigenvalue weighted by atomic mass is 9.90. The molecule has 0 aliphatic carbocycles. The lowest BCUT2D eigenvalue weighted by Crippen LogP contribution is -2.11. The van der Waals surface area contributed by atoms with Gasteiger partial charge in [0.1, 0.15) is 0 Å². The third-order valence-corrected chi connectivity index (χ3v) is 10.3. The summed E-state index contributed by atoms with van der Waals surface area (Å²) in [5.41, 5.74) is 6.11. The zero-order valence-corrected chi connectivity index (χ0v) is 31.5. The number of aryl methyl sites for hydroxylation is 2. The second-order valence-electron chi connectivity index (χ2n) is 14.6. The summed E-state index contributed by atoms with van der Waals surface area (Å²) in [6.07, 6.45) is 29.6. The van der Waals surface area contributed by atoms with Crippen molar-refractivity contribution in [1.82, 2.24) is 0 Å². The van der Waals surface area contributed by atoms with Gasteiger partial charge in [-0.15, -0.1) is 0 Å². The van der Waals surface area contributed by atoms with Gasteiger partial charge in [-0.25, -0.2) is 9.59 Å². The molecule has 0 aliphatic rings. The summed E-state index contributed by atoms with van der Waals surface area (Å²) in [6, 6.07) is 20.2. The van der Waals surface area contributed by atoms with Crippen molar-refractivity contribution in [3.63, 3.8) is 0 Å². The van der Waals surface area contributed by atoms with Crippen molar-refractivity contribution in [2.45, 2.75) is 168 Å². The molecule has 0 atom stereocenters. The van der Waals surface area contributed by atoms with Crippen LogP contribution in [0.1, 0.15) is 196 Å². The summed E-state index contributed by atoms with van der Waals surface area (Å²) in [5.74, 6) is -2.19. The average Bonchev–Trinajstić information content (AvgIpc) is 3.11. The van der Waals surface area contributed by atoms with E-state index >= 15 is 0 Å². The Morgan fingerprint density at radius 3 is 0.980 bits per heavy atom. The largest absolute Gasteiger partial charge is 0.478 e. The predicted octanol–water partition coefficient (Wildman–Crippen LogP) is 13.2. The Morgan fingerprint density at radius 1 is 0.400 bits per heavy atom. The van der Waals surface area contributed by atoms with Gasteiger partial charge in [0.05, 0.1) is 11.1 Å². The van der Waals surface area contributed by atoms with Crippen LogP contribution in [0.25, 0.3) is 0 Å². The molecule has 2 N–H and O–H groups in total. The summed E-state index contributed by atoms with van der Waals surface area (Å²) in [6.45, 7) is 4.53. The van der Waals surface area contributed by atoms with E-state index in [9.17, 15) is 19.8 Å². The molecule has 0 fully saturated rings.